The van der Waals surface area contributed by atoms with Crippen LogP contribution in [0.3, 0.4) is 0 Å². The molecule has 0 radical (unpaired) electrons. The highest BCUT2D eigenvalue weighted by atomic mass is 19.1. The number of rotatable bonds is 7. The van der Waals surface area contributed by atoms with Gasteiger partial charge in [-0.3, -0.25) is 4.90 Å². The van der Waals surface area contributed by atoms with Crippen LogP contribution in [0.5, 0.6) is 5.75 Å². The van der Waals surface area contributed by atoms with Crippen LogP contribution in [0.15, 0.2) is 48.8 Å². The van der Waals surface area contributed by atoms with Crippen molar-refractivity contribution in [1.82, 2.24) is 24.8 Å². The van der Waals surface area contributed by atoms with Crippen LogP contribution in [0, 0.1) is 11.3 Å². The van der Waals surface area contributed by atoms with Gasteiger partial charge < -0.3 is 29.3 Å². The number of ether oxygens (including phenoxy) is 3. The maximum Gasteiger partial charge on any atom is 0.410 e. The first-order valence-corrected chi connectivity index (χ1v) is 16.0. The zero-order valence-electron chi connectivity index (χ0n) is 27.2. The number of anilines is 3. The van der Waals surface area contributed by atoms with E-state index in [9.17, 15) is 10.1 Å². The first kappa shape index (κ1) is 32.4. The fourth-order valence-electron chi connectivity index (χ4n) is 6.07. The summed E-state index contributed by atoms with van der Waals surface area (Å²) in [6.45, 7) is 12.4. The molecule has 6 rings (SSSR count). The average molecular weight is 645 g/mol. The van der Waals surface area contributed by atoms with Crippen molar-refractivity contribution in [3.05, 3.63) is 54.4 Å². The third-order valence-electron chi connectivity index (χ3n) is 8.60. The summed E-state index contributed by atoms with van der Waals surface area (Å²) in [4.78, 5) is 31.8. The van der Waals surface area contributed by atoms with E-state index in [-0.39, 0.29) is 30.8 Å². The molecule has 248 valence electrons. The first-order chi connectivity index (χ1) is 22.6. The normalized spacial score (nSPS) is 22.3. The Kier molecular flexibility index (Phi) is 9.42. The number of carbonyl (C=O) groups is 1. The molecule has 3 aliphatic heterocycles. The van der Waals surface area contributed by atoms with Crippen LogP contribution in [0.2, 0.25) is 0 Å². The van der Waals surface area contributed by atoms with E-state index in [1.54, 1.807) is 39.0 Å². The minimum absolute atomic E-state index is 0.143. The Morgan fingerprint density at radius 3 is 2.53 bits per heavy atom. The molecular formula is C34H41FN8O4. The number of hydrogen-bond donors (Lipinski definition) is 1. The molecule has 1 amide bonds. The molecule has 47 heavy (non-hydrogen) atoms. The zero-order chi connectivity index (χ0) is 33.1. The smallest absolute Gasteiger partial charge is 0.410 e. The van der Waals surface area contributed by atoms with Gasteiger partial charge in [-0.2, -0.15) is 10.2 Å². The molecule has 0 unspecified atom stereocenters. The fourth-order valence-corrected chi connectivity index (χ4v) is 6.07. The van der Waals surface area contributed by atoms with Gasteiger partial charge in [0.1, 0.15) is 29.9 Å². The molecule has 0 aliphatic carbocycles. The summed E-state index contributed by atoms with van der Waals surface area (Å²) in [6.07, 6.45) is -1.11. The molecule has 13 heteroatoms. The maximum atomic E-state index is 15.1. The van der Waals surface area contributed by atoms with Crippen molar-refractivity contribution < 1.29 is 23.4 Å². The number of nitrogens with one attached hydrogen (secondary N) is 1. The van der Waals surface area contributed by atoms with Crippen molar-refractivity contribution in [1.29, 1.82) is 5.26 Å². The summed E-state index contributed by atoms with van der Waals surface area (Å²) in [5.41, 5.74) is 2.16. The van der Waals surface area contributed by atoms with E-state index >= 15 is 4.39 Å². The lowest BCUT2D eigenvalue weighted by Crippen LogP contribution is -2.60. The first-order valence-electron chi connectivity index (χ1n) is 16.0. The van der Waals surface area contributed by atoms with Gasteiger partial charge in [0.2, 0.25) is 5.95 Å². The fraction of sp³-hybridized carbons (Fsp3) is 0.500. The summed E-state index contributed by atoms with van der Waals surface area (Å²) in [5.74, 6) is 0.999. The number of benzene rings is 2. The topological polar surface area (TPSA) is 129 Å². The summed E-state index contributed by atoms with van der Waals surface area (Å²) in [6, 6.07) is 16.3. The Labute approximate surface area is 274 Å². The van der Waals surface area contributed by atoms with E-state index in [0.717, 1.165) is 38.5 Å². The van der Waals surface area contributed by atoms with E-state index in [1.807, 2.05) is 12.1 Å². The number of piperazine rings is 1. The maximum absolute atomic E-state index is 15.1. The lowest BCUT2D eigenvalue weighted by atomic mass is 10.1. The van der Waals surface area contributed by atoms with Crippen molar-refractivity contribution in [2.45, 2.75) is 64.1 Å². The molecule has 1 N–H and O–H groups in total. The molecule has 3 atom stereocenters. The highest BCUT2D eigenvalue weighted by molar-refractivity contribution is 5.68. The second kappa shape index (κ2) is 13.7. The van der Waals surface area contributed by atoms with E-state index in [1.165, 1.54) is 16.9 Å². The molecule has 0 saturated carbocycles. The molecule has 12 nitrogen and oxygen atoms in total. The Balaban J connectivity index is 1.06. The SMILES string of the molecule is C[C@H]1CN(c2ccc(Nc3ncnc(-c4ccc(O[C@H]5CCN(C(=O)OC(C)(C)C)C[C@@H]5F)c(C#N)c4)n3)cc2)CCN1C1COC1. The Morgan fingerprint density at radius 1 is 1.09 bits per heavy atom. The second-order valence-electron chi connectivity index (χ2n) is 13.2. The molecule has 3 aromatic rings. The minimum Gasteiger partial charge on any atom is -0.486 e. The molecule has 3 aliphatic rings. The van der Waals surface area contributed by atoms with Crippen molar-refractivity contribution in [3.8, 4) is 23.2 Å². The largest absolute Gasteiger partial charge is 0.486 e. The third-order valence-corrected chi connectivity index (χ3v) is 8.60. The monoisotopic (exact) mass is 644 g/mol. The summed E-state index contributed by atoms with van der Waals surface area (Å²) in [7, 11) is 0. The predicted molar refractivity (Wildman–Crippen MR) is 174 cm³/mol. The molecular weight excluding hydrogens is 603 g/mol. The highest BCUT2D eigenvalue weighted by Gasteiger charge is 2.36. The number of nitriles is 1. The van der Waals surface area contributed by atoms with Crippen molar-refractivity contribution >= 4 is 23.4 Å². The van der Waals surface area contributed by atoms with E-state index < -0.39 is 24.0 Å². The van der Waals surface area contributed by atoms with Crippen molar-refractivity contribution in [2.75, 3.05) is 56.2 Å². The summed E-state index contributed by atoms with van der Waals surface area (Å²) in [5, 5.41) is 13.1. The Bertz CT molecular complexity index is 1610. The molecule has 4 heterocycles. The zero-order valence-corrected chi connectivity index (χ0v) is 27.2. The second-order valence-corrected chi connectivity index (χ2v) is 13.2. The lowest BCUT2D eigenvalue weighted by molar-refractivity contribution is -0.0792. The van der Waals surface area contributed by atoms with Crippen molar-refractivity contribution in [2.24, 2.45) is 0 Å². The van der Waals surface area contributed by atoms with Crippen LogP contribution >= 0.6 is 0 Å². The van der Waals surface area contributed by atoms with Gasteiger partial charge in [-0.15, -0.1) is 0 Å². The van der Waals surface area contributed by atoms with E-state index in [2.05, 4.69) is 55.2 Å². The average Bonchev–Trinajstić information content (AvgIpc) is 3.02. The third kappa shape index (κ3) is 7.72. The van der Waals surface area contributed by atoms with Crippen LogP contribution in [-0.2, 0) is 9.47 Å². The standard InChI is InChI=1S/C34H41FN8O4/c1-22-17-41(13-14-43(22)27-19-45-20-27)26-8-6-25(7-9-26)39-32-38-21-37-31(40-32)23-5-10-29(24(15-23)16-36)46-30-11-12-42(18-28(30)35)33(44)47-34(2,3)4/h5-10,15,21-22,27-28,30H,11-14,17-20H2,1-4H3,(H,37,38,39,40)/t22-,28-,30-/m0/s1. The van der Waals surface area contributed by atoms with Crippen LogP contribution < -0.4 is 15.0 Å². The number of amides is 1. The molecule has 3 saturated heterocycles. The van der Waals surface area contributed by atoms with Crippen LogP contribution in [0.25, 0.3) is 11.4 Å². The summed E-state index contributed by atoms with van der Waals surface area (Å²) >= 11 is 0. The molecule has 3 fully saturated rings. The van der Waals surface area contributed by atoms with E-state index in [0.29, 0.717) is 29.4 Å². The van der Waals surface area contributed by atoms with E-state index in [4.69, 9.17) is 14.2 Å². The Morgan fingerprint density at radius 2 is 1.87 bits per heavy atom. The number of piperidine rings is 1. The van der Waals surface area contributed by atoms with Gasteiger partial charge in [-0.05, 0) is 70.2 Å². The van der Waals surface area contributed by atoms with Crippen LogP contribution in [-0.4, -0.2) is 107 Å². The molecule has 1 aromatic heterocycles. The quantitative estimate of drug-likeness (QED) is 0.381. The van der Waals surface area contributed by atoms with Crippen molar-refractivity contribution in [3.63, 3.8) is 0 Å². The highest BCUT2D eigenvalue weighted by Crippen LogP contribution is 2.30. The number of halogens is 1. The Hall–Kier alpha value is -4.54. The molecule has 0 spiro atoms. The van der Waals surface area contributed by atoms with Gasteiger partial charge in [0.25, 0.3) is 0 Å². The van der Waals surface area contributed by atoms with Gasteiger partial charge in [0.15, 0.2) is 12.0 Å². The molecule has 0 bridgehead atoms. The number of alkyl halides is 1. The van der Waals surface area contributed by atoms with Gasteiger partial charge in [-0.1, -0.05) is 0 Å². The minimum atomic E-state index is -1.44. The predicted octanol–water partition coefficient (Wildman–Crippen LogP) is 4.79. The van der Waals surface area contributed by atoms with Gasteiger partial charge in [0, 0.05) is 55.6 Å². The number of hydrogen-bond acceptors (Lipinski definition) is 11. The van der Waals surface area contributed by atoms with Gasteiger partial charge >= 0.3 is 6.09 Å². The lowest BCUT2D eigenvalue weighted by Gasteiger charge is -2.47. The molecule has 2 aromatic carbocycles. The van der Waals surface area contributed by atoms with Gasteiger partial charge in [-0.25, -0.2) is 19.2 Å². The number of likely N-dealkylation sites (tertiary alicyclic amines) is 1. The van der Waals surface area contributed by atoms with Gasteiger partial charge in [0.05, 0.1) is 31.4 Å². The number of nitrogens with zero attached hydrogens (tertiary/aromatic N) is 7. The number of aromatic nitrogens is 3. The van der Waals surface area contributed by atoms with Crippen LogP contribution in [0.1, 0.15) is 39.7 Å². The number of carbonyl (C=O) groups excluding carboxylic acids is 1. The summed E-state index contributed by atoms with van der Waals surface area (Å²) < 4.78 is 31.8. The van der Waals surface area contributed by atoms with Crippen LogP contribution in [0.4, 0.5) is 26.5 Å².